The molecule has 2 aliphatic rings. The molecule has 32 heavy (non-hydrogen) atoms. The van der Waals surface area contributed by atoms with E-state index in [1.807, 2.05) is 67.6 Å². The van der Waals surface area contributed by atoms with E-state index in [0.29, 0.717) is 30.8 Å². The number of carbonyl (C=O) groups is 2. The van der Waals surface area contributed by atoms with Gasteiger partial charge in [-0.1, -0.05) is 48.5 Å². The Morgan fingerprint density at radius 1 is 1.09 bits per heavy atom. The monoisotopic (exact) mass is 431 g/mol. The van der Waals surface area contributed by atoms with Crippen LogP contribution in [0.4, 0.5) is 0 Å². The number of para-hydroxylation sites is 1. The van der Waals surface area contributed by atoms with E-state index in [2.05, 4.69) is 0 Å². The lowest BCUT2D eigenvalue weighted by molar-refractivity contribution is -0.159. The van der Waals surface area contributed by atoms with Crippen LogP contribution in [-0.2, 0) is 9.53 Å². The molecule has 0 bridgehead atoms. The first kappa shape index (κ1) is 20.5. The summed E-state index contributed by atoms with van der Waals surface area (Å²) in [5.41, 5.74) is 2.53. The SMILES string of the molecule is Cc1c(C(=O)N2C[C@@H]3CCOC[C@]3(C(=O)O)C2)c(-c2ccccc2)nn1-c1ccccc1. The van der Waals surface area contributed by atoms with Crippen LogP contribution in [0.2, 0.25) is 0 Å². The van der Waals surface area contributed by atoms with E-state index in [1.165, 1.54) is 0 Å². The highest BCUT2D eigenvalue weighted by Crippen LogP contribution is 2.43. The smallest absolute Gasteiger partial charge is 0.314 e. The maximum Gasteiger partial charge on any atom is 0.314 e. The molecule has 7 nitrogen and oxygen atoms in total. The molecule has 2 aliphatic heterocycles. The summed E-state index contributed by atoms with van der Waals surface area (Å²) >= 11 is 0. The van der Waals surface area contributed by atoms with Gasteiger partial charge in [0.05, 0.1) is 23.6 Å². The van der Waals surface area contributed by atoms with Crippen molar-refractivity contribution in [3.8, 4) is 16.9 Å². The quantitative estimate of drug-likeness (QED) is 0.684. The van der Waals surface area contributed by atoms with E-state index in [1.54, 1.807) is 9.58 Å². The summed E-state index contributed by atoms with van der Waals surface area (Å²) in [7, 11) is 0. The summed E-state index contributed by atoms with van der Waals surface area (Å²) in [4.78, 5) is 27.7. The fourth-order valence-electron chi connectivity index (χ4n) is 4.98. The number of rotatable bonds is 4. The first-order valence-electron chi connectivity index (χ1n) is 10.8. The predicted molar refractivity (Wildman–Crippen MR) is 119 cm³/mol. The van der Waals surface area contributed by atoms with Gasteiger partial charge in [-0.2, -0.15) is 5.10 Å². The standard InChI is InChI=1S/C25H25N3O4/c1-17-21(23(29)27-14-19-12-13-32-16-25(19,15-27)24(30)31)22(18-8-4-2-5-9-18)26-28(17)20-10-6-3-7-11-20/h2-11,19H,12-16H2,1H3,(H,30,31)/t19-,25+/m0/s1. The number of carboxylic acid groups (broad SMARTS) is 1. The average molecular weight is 431 g/mol. The van der Waals surface area contributed by atoms with Crippen LogP contribution in [0.15, 0.2) is 60.7 Å². The minimum atomic E-state index is -1.04. The average Bonchev–Trinajstić information content (AvgIpc) is 3.39. The van der Waals surface area contributed by atoms with E-state index in [4.69, 9.17) is 9.84 Å². The highest BCUT2D eigenvalue weighted by atomic mass is 16.5. The molecule has 2 saturated heterocycles. The number of ether oxygens (including phenoxy) is 1. The molecule has 3 heterocycles. The second-order valence-electron chi connectivity index (χ2n) is 8.61. The summed E-state index contributed by atoms with van der Waals surface area (Å²) in [6.07, 6.45) is 0.643. The fraction of sp³-hybridized carbons (Fsp3) is 0.320. The Labute approximate surface area is 186 Å². The second-order valence-corrected chi connectivity index (χ2v) is 8.61. The van der Waals surface area contributed by atoms with Gasteiger partial charge in [-0.3, -0.25) is 9.59 Å². The van der Waals surface area contributed by atoms with Crippen LogP contribution >= 0.6 is 0 Å². The lowest BCUT2D eigenvalue weighted by atomic mass is 9.76. The summed E-state index contributed by atoms with van der Waals surface area (Å²) in [5.74, 6) is -1.18. The van der Waals surface area contributed by atoms with Gasteiger partial charge in [0.1, 0.15) is 11.1 Å². The molecule has 0 unspecified atom stereocenters. The zero-order valence-electron chi connectivity index (χ0n) is 17.9. The van der Waals surface area contributed by atoms with E-state index in [-0.39, 0.29) is 25.0 Å². The Hall–Kier alpha value is -3.45. The van der Waals surface area contributed by atoms with Gasteiger partial charge in [0.2, 0.25) is 0 Å². The van der Waals surface area contributed by atoms with Gasteiger partial charge < -0.3 is 14.7 Å². The van der Waals surface area contributed by atoms with Crippen molar-refractivity contribution in [2.24, 2.45) is 11.3 Å². The summed E-state index contributed by atoms with van der Waals surface area (Å²) in [5, 5.41) is 14.8. The second kappa shape index (κ2) is 7.91. The highest BCUT2D eigenvalue weighted by molar-refractivity contribution is 6.02. The van der Waals surface area contributed by atoms with Gasteiger partial charge in [-0.05, 0) is 31.4 Å². The van der Waals surface area contributed by atoms with E-state index in [9.17, 15) is 14.7 Å². The first-order valence-corrected chi connectivity index (χ1v) is 10.8. The van der Waals surface area contributed by atoms with Crippen molar-refractivity contribution in [1.29, 1.82) is 0 Å². The predicted octanol–water partition coefficient (Wildman–Crippen LogP) is 3.41. The zero-order valence-corrected chi connectivity index (χ0v) is 17.9. The molecule has 164 valence electrons. The number of carbonyl (C=O) groups excluding carboxylic acids is 1. The van der Waals surface area contributed by atoms with Gasteiger partial charge >= 0.3 is 5.97 Å². The molecular formula is C25H25N3O4. The topological polar surface area (TPSA) is 84.7 Å². The highest BCUT2D eigenvalue weighted by Gasteiger charge is 2.55. The van der Waals surface area contributed by atoms with Crippen molar-refractivity contribution >= 4 is 11.9 Å². The number of nitrogens with zero attached hydrogens (tertiary/aromatic N) is 3. The number of amides is 1. The lowest BCUT2D eigenvalue weighted by Gasteiger charge is -2.33. The van der Waals surface area contributed by atoms with Crippen LogP contribution in [0.5, 0.6) is 0 Å². The van der Waals surface area contributed by atoms with Crippen LogP contribution in [0.25, 0.3) is 16.9 Å². The molecular weight excluding hydrogens is 406 g/mol. The minimum absolute atomic E-state index is 0.109. The third kappa shape index (κ3) is 3.20. The summed E-state index contributed by atoms with van der Waals surface area (Å²) < 4.78 is 7.31. The van der Waals surface area contributed by atoms with Gasteiger partial charge in [-0.15, -0.1) is 0 Å². The Balaban J connectivity index is 1.59. The van der Waals surface area contributed by atoms with Gasteiger partial charge in [-0.25, -0.2) is 4.68 Å². The van der Waals surface area contributed by atoms with Crippen molar-refractivity contribution in [2.45, 2.75) is 13.3 Å². The van der Waals surface area contributed by atoms with E-state index < -0.39 is 11.4 Å². The number of carboxylic acids is 1. The van der Waals surface area contributed by atoms with Crippen molar-refractivity contribution in [3.63, 3.8) is 0 Å². The van der Waals surface area contributed by atoms with Crippen LogP contribution in [0.1, 0.15) is 22.5 Å². The Bertz CT molecular complexity index is 1160. The molecule has 0 radical (unpaired) electrons. The fourth-order valence-corrected chi connectivity index (χ4v) is 4.98. The molecule has 0 aliphatic carbocycles. The van der Waals surface area contributed by atoms with Crippen molar-refractivity contribution < 1.29 is 19.4 Å². The molecule has 3 aromatic rings. The summed E-state index contributed by atoms with van der Waals surface area (Å²) in [6, 6.07) is 19.3. The molecule has 7 heteroatoms. The summed E-state index contributed by atoms with van der Waals surface area (Å²) in [6.45, 7) is 3.13. The van der Waals surface area contributed by atoms with E-state index >= 15 is 0 Å². The van der Waals surface area contributed by atoms with Crippen molar-refractivity contribution in [1.82, 2.24) is 14.7 Å². The molecule has 2 fully saturated rings. The normalized spacial score (nSPS) is 22.5. The van der Waals surface area contributed by atoms with Crippen LogP contribution < -0.4 is 0 Å². The third-order valence-electron chi connectivity index (χ3n) is 6.76. The molecule has 1 N–H and O–H groups in total. The molecule has 0 spiro atoms. The number of aromatic nitrogens is 2. The molecule has 5 rings (SSSR count). The van der Waals surface area contributed by atoms with Gasteiger partial charge in [0.15, 0.2) is 0 Å². The number of fused-ring (bicyclic) bond motifs is 1. The Morgan fingerprint density at radius 2 is 1.78 bits per heavy atom. The molecule has 2 aromatic carbocycles. The Morgan fingerprint density at radius 3 is 2.44 bits per heavy atom. The Kier molecular flexibility index (Phi) is 5.06. The number of aliphatic carboxylic acids is 1. The number of likely N-dealkylation sites (tertiary alicyclic amines) is 1. The van der Waals surface area contributed by atoms with Crippen LogP contribution in [-0.4, -0.2) is 58.0 Å². The first-order chi connectivity index (χ1) is 15.5. The van der Waals surface area contributed by atoms with Gasteiger partial charge in [0, 0.05) is 25.3 Å². The van der Waals surface area contributed by atoms with Gasteiger partial charge in [0.25, 0.3) is 5.91 Å². The maximum absolute atomic E-state index is 13.9. The molecule has 2 atom stereocenters. The zero-order chi connectivity index (χ0) is 22.3. The minimum Gasteiger partial charge on any atom is -0.481 e. The maximum atomic E-state index is 13.9. The lowest BCUT2D eigenvalue weighted by Crippen LogP contribution is -2.46. The van der Waals surface area contributed by atoms with Crippen molar-refractivity contribution in [3.05, 3.63) is 71.9 Å². The van der Waals surface area contributed by atoms with Crippen LogP contribution in [0.3, 0.4) is 0 Å². The molecule has 1 aromatic heterocycles. The largest absolute Gasteiger partial charge is 0.481 e. The number of hydrogen-bond acceptors (Lipinski definition) is 4. The number of hydrogen-bond donors (Lipinski definition) is 1. The molecule has 1 amide bonds. The number of benzene rings is 2. The van der Waals surface area contributed by atoms with Crippen LogP contribution in [0, 0.1) is 18.3 Å². The van der Waals surface area contributed by atoms with Crippen molar-refractivity contribution in [2.75, 3.05) is 26.3 Å². The van der Waals surface area contributed by atoms with E-state index in [0.717, 1.165) is 16.9 Å². The third-order valence-corrected chi connectivity index (χ3v) is 6.76. The molecule has 0 saturated carbocycles.